The third-order valence-corrected chi connectivity index (χ3v) is 8.02. The van der Waals surface area contributed by atoms with E-state index < -0.39 is 0 Å². The Hall–Kier alpha value is -3.51. The van der Waals surface area contributed by atoms with E-state index >= 15 is 0 Å². The second kappa shape index (κ2) is 10.1. The fourth-order valence-corrected chi connectivity index (χ4v) is 5.81. The molecule has 1 radical (unpaired) electrons. The lowest BCUT2D eigenvalue weighted by molar-refractivity contribution is 0.112. The molecule has 37 heavy (non-hydrogen) atoms. The molecule has 189 valence electrons. The number of hydrogen-bond donors (Lipinski definition) is 0. The molecule has 0 unspecified atom stereocenters. The summed E-state index contributed by atoms with van der Waals surface area (Å²) >= 11 is 0. The molecule has 2 fully saturated rings. The number of carbonyl (C=O) groups excluding carboxylic acids is 1. The molecule has 1 saturated carbocycles. The summed E-state index contributed by atoms with van der Waals surface area (Å²) in [5.41, 5.74) is 7.23. The normalized spacial score (nSPS) is 16.8. The molecule has 2 aromatic carbocycles. The molecule has 1 aliphatic carbocycles. The van der Waals surface area contributed by atoms with E-state index in [-0.39, 0.29) is 0 Å². The summed E-state index contributed by atoms with van der Waals surface area (Å²) in [7, 11) is 1.78. The summed E-state index contributed by atoms with van der Waals surface area (Å²) in [5.74, 6) is 0.965. The highest BCUT2D eigenvalue weighted by Gasteiger charge is 2.33. The van der Waals surface area contributed by atoms with Crippen LogP contribution in [-0.4, -0.2) is 47.9 Å². The molecule has 4 aromatic rings. The van der Waals surface area contributed by atoms with Gasteiger partial charge in [0.1, 0.15) is 5.69 Å². The molecule has 2 aliphatic rings. The highest BCUT2D eigenvalue weighted by atomic mass is 16.5. The van der Waals surface area contributed by atoms with Gasteiger partial charge >= 0.3 is 0 Å². The lowest BCUT2D eigenvalue weighted by Crippen LogP contribution is -2.35. The minimum atomic E-state index is 0.413. The maximum Gasteiger partial charge on any atom is 0.169 e. The lowest BCUT2D eigenvalue weighted by Gasteiger charge is -2.36. The zero-order valence-corrected chi connectivity index (χ0v) is 21.4. The molecule has 6 nitrogen and oxygen atoms in total. The SMILES string of the molecule is [CH2]c1ccc(-c2c(C=O)nc3c(c(C4CCC4)nn3-c3ccccc3)c2N2CCC(COC)CC2)cc1. The summed E-state index contributed by atoms with van der Waals surface area (Å²) in [4.78, 5) is 20.1. The van der Waals surface area contributed by atoms with E-state index in [1.54, 1.807) is 7.11 Å². The first-order valence-electron chi connectivity index (χ1n) is 13.3. The minimum Gasteiger partial charge on any atom is -0.384 e. The number of anilines is 1. The Morgan fingerprint density at radius 2 is 1.76 bits per heavy atom. The topological polar surface area (TPSA) is 60.2 Å². The molecule has 6 heteroatoms. The molecular weight excluding hydrogens is 460 g/mol. The average Bonchev–Trinajstić information content (AvgIpc) is 3.27. The van der Waals surface area contributed by atoms with Gasteiger partial charge in [0, 0.05) is 38.3 Å². The van der Waals surface area contributed by atoms with Crippen molar-refractivity contribution in [3.63, 3.8) is 0 Å². The molecule has 0 amide bonds. The van der Waals surface area contributed by atoms with Gasteiger partial charge in [-0.25, -0.2) is 9.67 Å². The summed E-state index contributed by atoms with van der Waals surface area (Å²) in [6.07, 6.45) is 6.50. The van der Waals surface area contributed by atoms with E-state index in [1.807, 2.05) is 35.0 Å². The van der Waals surface area contributed by atoms with Gasteiger partial charge in [0.05, 0.1) is 22.5 Å². The summed E-state index contributed by atoms with van der Waals surface area (Å²) in [6.45, 7) is 6.66. The van der Waals surface area contributed by atoms with E-state index in [2.05, 4.69) is 36.1 Å². The van der Waals surface area contributed by atoms with Gasteiger partial charge in [-0.05, 0) is 61.8 Å². The molecule has 0 N–H and O–H groups in total. The fraction of sp³-hybridized carbons (Fsp3) is 0.355. The van der Waals surface area contributed by atoms with Crippen molar-refractivity contribution in [1.29, 1.82) is 0 Å². The zero-order valence-electron chi connectivity index (χ0n) is 21.4. The van der Waals surface area contributed by atoms with E-state index in [0.717, 1.165) is 96.5 Å². The Labute approximate surface area is 218 Å². The molecule has 0 spiro atoms. The number of aldehydes is 1. The van der Waals surface area contributed by atoms with Crippen molar-refractivity contribution in [1.82, 2.24) is 14.8 Å². The summed E-state index contributed by atoms with van der Waals surface area (Å²) < 4.78 is 7.41. The Morgan fingerprint density at radius 3 is 2.38 bits per heavy atom. The van der Waals surface area contributed by atoms with Crippen molar-refractivity contribution >= 4 is 23.0 Å². The number of fused-ring (bicyclic) bond motifs is 1. The maximum atomic E-state index is 12.6. The van der Waals surface area contributed by atoms with Gasteiger partial charge in [-0.2, -0.15) is 5.10 Å². The van der Waals surface area contributed by atoms with Crippen LogP contribution in [0.3, 0.4) is 0 Å². The third kappa shape index (κ3) is 4.33. The highest BCUT2D eigenvalue weighted by Crippen LogP contribution is 2.47. The van der Waals surface area contributed by atoms with Crippen LogP contribution in [-0.2, 0) is 4.74 Å². The van der Waals surface area contributed by atoms with Gasteiger partial charge in [-0.3, -0.25) is 4.79 Å². The van der Waals surface area contributed by atoms with Crippen molar-refractivity contribution in [3.8, 4) is 16.8 Å². The summed E-state index contributed by atoms with van der Waals surface area (Å²) in [5, 5.41) is 6.28. The van der Waals surface area contributed by atoms with Crippen LogP contribution in [0.2, 0.25) is 0 Å². The highest BCUT2D eigenvalue weighted by molar-refractivity contribution is 6.06. The lowest BCUT2D eigenvalue weighted by atomic mass is 9.81. The van der Waals surface area contributed by atoms with E-state index in [9.17, 15) is 4.79 Å². The fourth-order valence-electron chi connectivity index (χ4n) is 5.81. The van der Waals surface area contributed by atoms with Crippen LogP contribution in [0.5, 0.6) is 0 Å². The second-order valence-electron chi connectivity index (χ2n) is 10.4. The van der Waals surface area contributed by atoms with Crippen LogP contribution >= 0.6 is 0 Å². The molecule has 1 saturated heterocycles. The number of benzene rings is 2. The van der Waals surface area contributed by atoms with E-state index in [0.29, 0.717) is 17.5 Å². The Morgan fingerprint density at radius 1 is 1.03 bits per heavy atom. The van der Waals surface area contributed by atoms with Gasteiger partial charge in [0.25, 0.3) is 0 Å². The van der Waals surface area contributed by atoms with Crippen molar-refractivity contribution in [2.24, 2.45) is 5.92 Å². The van der Waals surface area contributed by atoms with Crippen molar-refractivity contribution in [2.75, 3.05) is 31.7 Å². The van der Waals surface area contributed by atoms with Gasteiger partial charge in [0.15, 0.2) is 11.9 Å². The first-order chi connectivity index (χ1) is 18.2. The average molecular weight is 494 g/mol. The predicted octanol–water partition coefficient (Wildman–Crippen LogP) is 6.21. The number of carbonyl (C=O) groups is 1. The molecule has 1 aliphatic heterocycles. The number of methoxy groups -OCH3 is 1. The largest absolute Gasteiger partial charge is 0.384 e. The number of nitrogens with zero attached hydrogens (tertiary/aromatic N) is 4. The molecule has 0 atom stereocenters. The van der Waals surface area contributed by atoms with Crippen LogP contribution < -0.4 is 4.90 Å². The predicted molar refractivity (Wildman–Crippen MR) is 148 cm³/mol. The quantitative estimate of drug-likeness (QED) is 0.286. The van der Waals surface area contributed by atoms with Gasteiger partial charge in [-0.15, -0.1) is 0 Å². The number of pyridine rings is 1. The first-order valence-corrected chi connectivity index (χ1v) is 13.3. The van der Waals surface area contributed by atoms with Gasteiger partial charge < -0.3 is 9.64 Å². The van der Waals surface area contributed by atoms with E-state index in [1.165, 1.54) is 6.42 Å². The molecule has 0 bridgehead atoms. The summed E-state index contributed by atoms with van der Waals surface area (Å²) in [6, 6.07) is 18.3. The van der Waals surface area contributed by atoms with Crippen molar-refractivity contribution < 1.29 is 9.53 Å². The van der Waals surface area contributed by atoms with Crippen molar-refractivity contribution in [3.05, 3.63) is 78.5 Å². The standard InChI is InChI=1S/C31H33N4O2/c1-21-11-13-23(14-12-21)27-26(19-36)32-31-28(30(27)34-17-15-22(16-18-34)20-37-2)29(24-7-6-8-24)33-35(31)25-9-4-3-5-10-25/h3-5,9-14,19,22,24H,1,6-8,15-18,20H2,2H3. The first kappa shape index (κ1) is 23.9. The number of rotatable bonds is 7. The van der Waals surface area contributed by atoms with Gasteiger partial charge in [-0.1, -0.05) is 48.9 Å². The third-order valence-electron chi connectivity index (χ3n) is 8.02. The number of aromatic nitrogens is 3. The van der Waals surface area contributed by atoms with Crippen LogP contribution in [0, 0.1) is 12.8 Å². The number of ether oxygens (including phenoxy) is 1. The second-order valence-corrected chi connectivity index (χ2v) is 10.4. The monoisotopic (exact) mass is 493 g/mol. The molecular formula is C31H33N4O2. The molecule has 3 heterocycles. The number of piperidine rings is 1. The molecule has 2 aromatic heterocycles. The van der Waals surface area contributed by atoms with Crippen LogP contribution in [0.4, 0.5) is 5.69 Å². The molecule has 6 rings (SSSR count). The number of para-hydroxylation sites is 1. The van der Waals surface area contributed by atoms with Gasteiger partial charge in [0.2, 0.25) is 0 Å². The Kier molecular flexibility index (Phi) is 6.51. The number of hydrogen-bond acceptors (Lipinski definition) is 5. The van der Waals surface area contributed by atoms with Crippen LogP contribution in [0.15, 0.2) is 54.6 Å². The van der Waals surface area contributed by atoms with E-state index in [4.69, 9.17) is 14.8 Å². The van der Waals surface area contributed by atoms with Crippen LogP contribution in [0.25, 0.3) is 27.8 Å². The smallest absolute Gasteiger partial charge is 0.169 e. The maximum absolute atomic E-state index is 12.6. The zero-order chi connectivity index (χ0) is 25.4. The Bertz CT molecular complexity index is 1400. The Balaban J connectivity index is 1.63. The minimum absolute atomic E-state index is 0.413. The van der Waals surface area contributed by atoms with Crippen molar-refractivity contribution in [2.45, 2.75) is 38.0 Å². The van der Waals surface area contributed by atoms with Crippen LogP contribution in [0.1, 0.15) is 59.8 Å².